The molecule has 0 aromatic heterocycles. The van der Waals surface area contributed by atoms with Gasteiger partial charge in [-0.1, -0.05) is 48.8 Å². The van der Waals surface area contributed by atoms with Gasteiger partial charge in [-0.3, -0.25) is 4.79 Å². The van der Waals surface area contributed by atoms with Gasteiger partial charge in [0.25, 0.3) is 0 Å². The highest BCUT2D eigenvalue weighted by Crippen LogP contribution is 2.42. The molecule has 124 valence electrons. The molecule has 0 unspecified atom stereocenters. The number of thioether (sulfide) groups is 1. The van der Waals surface area contributed by atoms with E-state index >= 15 is 0 Å². The van der Waals surface area contributed by atoms with E-state index in [0.29, 0.717) is 5.41 Å². The minimum absolute atomic E-state index is 0.358. The Hall–Kier alpha value is -1.28. The number of carbonyl (C=O) groups is 1. The van der Waals surface area contributed by atoms with Crippen LogP contribution in [0.2, 0.25) is 0 Å². The van der Waals surface area contributed by atoms with E-state index in [1.807, 2.05) is 36.0 Å². The molecule has 1 aromatic rings. The van der Waals surface area contributed by atoms with Crippen LogP contribution in [0, 0.1) is 5.41 Å². The standard InChI is InChI=1S/C21H28OS/c1-16(15-23-19-10-8-18(14-22)9-11-19)7-12-20-17(2)6-5-13-21(20,3)4/h7-11,14H,5-6,12-13,15H2,1-4H3. The second-order valence-electron chi connectivity index (χ2n) is 7.23. The maximum absolute atomic E-state index is 10.7. The molecule has 0 bridgehead atoms. The molecule has 1 aliphatic carbocycles. The van der Waals surface area contributed by atoms with E-state index in [2.05, 4.69) is 33.8 Å². The first-order chi connectivity index (χ1) is 10.9. The quantitative estimate of drug-likeness (QED) is 0.339. The van der Waals surface area contributed by atoms with Crippen molar-refractivity contribution in [1.82, 2.24) is 0 Å². The number of aldehydes is 1. The molecule has 2 heteroatoms. The minimum Gasteiger partial charge on any atom is -0.298 e. The molecule has 0 saturated carbocycles. The third kappa shape index (κ3) is 5.10. The largest absolute Gasteiger partial charge is 0.298 e. The molecule has 1 nitrogen and oxygen atoms in total. The molecule has 0 aliphatic heterocycles. The van der Waals surface area contributed by atoms with Crippen molar-refractivity contribution in [3.05, 3.63) is 52.6 Å². The highest BCUT2D eigenvalue weighted by atomic mass is 32.2. The molecule has 0 radical (unpaired) electrons. The SMILES string of the molecule is CC(=CCC1=C(C)CCCC1(C)C)CSc1ccc(C=O)cc1. The molecule has 1 aliphatic rings. The van der Waals surface area contributed by atoms with E-state index in [1.165, 1.54) is 29.7 Å². The number of hydrogen-bond acceptors (Lipinski definition) is 2. The van der Waals surface area contributed by atoms with Crippen LogP contribution in [-0.4, -0.2) is 12.0 Å². The summed E-state index contributed by atoms with van der Waals surface area (Å²) >= 11 is 1.83. The van der Waals surface area contributed by atoms with Crippen LogP contribution < -0.4 is 0 Å². The Labute approximate surface area is 145 Å². The van der Waals surface area contributed by atoms with Gasteiger partial charge in [0.1, 0.15) is 6.29 Å². The number of carbonyl (C=O) groups excluding carboxylic acids is 1. The summed E-state index contributed by atoms with van der Waals surface area (Å²) in [6.07, 6.45) is 8.29. The summed E-state index contributed by atoms with van der Waals surface area (Å²) in [5.74, 6) is 1.01. The highest BCUT2D eigenvalue weighted by Gasteiger charge is 2.27. The summed E-state index contributed by atoms with van der Waals surface area (Å²) in [5.41, 5.74) is 5.77. The van der Waals surface area contributed by atoms with E-state index in [9.17, 15) is 4.79 Å². The Kier molecular flexibility index (Phi) is 6.29. The fourth-order valence-electron chi connectivity index (χ4n) is 3.30. The monoisotopic (exact) mass is 328 g/mol. The number of allylic oxidation sites excluding steroid dienone is 3. The van der Waals surface area contributed by atoms with Gasteiger partial charge in [0.15, 0.2) is 0 Å². The van der Waals surface area contributed by atoms with Gasteiger partial charge in [-0.05, 0) is 57.1 Å². The summed E-state index contributed by atoms with van der Waals surface area (Å²) in [6.45, 7) is 9.30. The second-order valence-corrected chi connectivity index (χ2v) is 8.28. The zero-order chi connectivity index (χ0) is 16.9. The first kappa shape index (κ1) is 18.1. The minimum atomic E-state index is 0.358. The zero-order valence-electron chi connectivity index (χ0n) is 14.8. The van der Waals surface area contributed by atoms with Crippen molar-refractivity contribution in [2.45, 2.75) is 58.3 Å². The molecule has 0 heterocycles. The van der Waals surface area contributed by atoms with Crippen LogP contribution >= 0.6 is 11.8 Å². The lowest BCUT2D eigenvalue weighted by atomic mass is 9.71. The van der Waals surface area contributed by atoms with Crippen molar-refractivity contribution in [2.75, 3.05) is 5.75 Å². The molecule has 1 aromatic carbocycles. The average Bonchev–Trinajstić information content (AvgIpc) is 2.52. The average molecular weight is 329 g/mol. The predicted octanol–water partition coefficient (Wildman–Crippen LogP) is 6.45. The fraction of sp³-hybridized carbons (Fsp3) is 0.476. The number of benzene rings is 1. The normalized spacial score (nSPS) is 18.2. The molecular formula is C21H28OS. The summed E-state index contributed by atoms with van der Waals surface area (Å²) in [4.78, 5) is 11.9. The van der Waals surface area contributed by atoms with Crippen molar-refractivity contribution in [3.63, 3.8) is 0 Å². The van der Waals surface area contributed by atoms with E-state index < -0.39 is 0 Å². The van der Waals surface area contributed by atoms with Crippen LogP contribution in [0.15, 0.2) is 52.0 Å². The Morgan fingerprint density at radius 1 is 1.26 bits per heavy atom. The van der Waals surface area contributed by atoms with Crippen molar-refractivity contribution < 1.29 is 4.79 Å². The lowest BCUT2D eigenvalue weighted by Gasteiger charge is -2.34. The molecule has 2 rings (SSSR count). The first-order valence-corrected chi connectivity index (χ1v) is 9.44. The van der Waals surface area contributed by atoms with Crippen LogP contribution in [0.4, 0.5) is 0 Å². The molecular weight excluding hydrogens is 300 g/mol. The maximum Gasteiger partial charge on any atom is 0.150 e. The van der Waals surface area contributed by atoms with Gasteiger partial charge >= 0.3 is 0 Å². The van der Waals surface area contributed by atoms with E-state index in [-0.39, 0.29) is 0 Å². The predicted molar refractivity (Wildman–Crippen MR) is 101 cm³/mol. The van der Waals surface area contributed by atoms with Crippen LogP contribution in [0.5, 0.6) is 0 Å². The Bertz CT molecular complexity index is 605. The van der Waals surface area contributed by atoms with Crippen molar-refractivity contribution >= 4 is 18.0 Å². The van der Waals surface area contributed by atoms with E-state index in [1.54, 1.807) is 11.1 Å². The van der Waals surface area contributed by atoms with Gasteiger partial charge in [0.2, 0.25) is 0 Å². The molecule has 0 fully saturated rings. The lowest BCUT2D eigenvalue weighted by Crippen LogP contribution is -2.20. The van der Waals surface area contributed by atoms with Gasteiger partial charge in [0.05, 0.1) is 0 Å². The first-order valence-electron chi connectivity index (χ1n) is 8.45. The maximum atomic E-state index is 10.7. The van der Waals surface area contributed by atoms with Gasteiger partial charge in [-0.15, -0.1) is 11.8 Å². The molecule has 0 saturated heterocycles. The molecule has 0 spiro atoms. The fourth-order valence-corrected chi connectivity index (χ4v) is 4.14. The second kappa shape index (κ2) is 8.01. The smallest absolute Gasteiger partial charge is 0.150 e. The van der Waals surface area contributed by atoms with E-state index in [0.717, 1.165) is 24.0 Å². The van der Waals surface area contributed by atoms with Gasteiger partial charge < -0.3 is 0 Å². The third-order valence-electron chi connectivity index (χ3n) is 4.82. The van der Waals surface area contributed by atoms with Gasteiger partial charge in [-0.2, -0.15) is 0 Å². The van der Waals surface area contributed by atoms with Crippen molar-refractivity contribution in [1.29, 1.82) is 0 Å². The van der Waals surface area contributed by atoms with Crippen LogP contribution in [0.3, 0.4) is 0 Å². The van der Waals surface area contributed by atoms with Crippen molar-refractivity contribution in [2.24, 2.45) is 5.41 Å². The summed E-state index contributed by atoms with van der Waals surface area (Å²) in [6, 6.07) is 7.82. The lowest BCUT2D eigenvalue weighted by molar-refractivity contribution is 0.112. The van der Waals surface area contributed by atoms with Gasteiger partial charge in [0, 0.05) is 16.2 Å². The Balaban J connectivity index is 1.93. The van der Waals surface area contributed by atoms with Crippen LogP contribution in [-0.2, 0) is 0 Å². The Morgan fingerprint density at radius 2 is 1.96 bits per heavy atom. The summed E-state index contributed by atoms with van der Waals surface area (Å²) in [5, 5.41) is 0. The highest BCUT2D eigenvalue weighted by molar-refractivity contribution is 7.99. The summed E-state index contributed by atoms with van der Waals surface area (Å²) < 4.78 is 0. The topological polar surface area (TPSA) is 17.1 Å². The van der Waals surface area contributed by atoms with E-state index in [4.69, 9.17) is 0 Å². The number of hydrogen-bond donors (Lipinski definition) is 0. The van der Waals surface area contributed by atoms with Crippen LogP contribution in [0.25, 0.3) is 0 Å². The number of rotatable bonds is 6. The molecule has 0 atom stereocenters. The van der Waals surface area contributed by atoms with Crippen LogP contribution in [0.1, 0.15) is 63.7 Å². The third-order valence-corrected chi connectivity index (χ3v) is 6.03. The zero-order valence-corrected chi connectivity index (χ0v) is 15.6. The van der Waals surface area contributed by atoms with Gasteiger partial charge in [-0.25, -0.2) is 0 Å². The Morgan fingerprint density at radius 3 is 2.57 bits per heavy atom. The summed E-state index contributed by atoms with van der Waals surface area (Å²) in [7, 11) is 0. The molecule has 0 amide bonds. The molecule has 0 N–H and O–H groups in total. The van der Waals surface area contributed by atoms with Crippen molar-refractivity contribution in [3.8, 4) is 0 Å². The molecule has 23 heavy (non-hydrogen) atoms.